The van der Waals surface area contributed by atoms with Crippen LogP contribution in [0.3, 0.4) is 0 Å². The van der Waals surface area contributed by atoms with E-state index < -0.39 is 0 Å². The fourth-order valence-corrected chi connectivity index (χ4v) is 4.44. The van der Waals surface area contributed by atoms with Gasteiger partial charge in [-0.3, -0.25) is 14.6 Å². The van der Waals surface area contributed by atoms with Gasteiger partial charge < -0.3 is 9.80 Å². The Kier molecular flexibility index (Phi) is 6.01. The summed E-state index contributed by atoms with van der Waals surface area (Å²) < 4.78 is 0. The maximum atomic E-state index is 12.9. The van der Waals surface area contributed by atoms with Crippen LogP contribution in [0.15, 0.2) is 30.3 Å². The third-order valence-corrected chi connectivity index (χ3v) is 6.08. The summed E-state index contributed by atoms with van der Waals surface area (Å²) in [5.41, 5.74) is 3.27. The zero-order chi connectivity index (χ0) is 21.3. The molecule has 0 radical (unpaired) electrons. The summed E-state index contributed by atoms with van der Waals surface area (Å²) in [5, 5.41) is 0. The van der Waals surface area contributed by atoms with Crippen molar-refractivity contribution in [1.29, 1.82) is 0 Å². The molecule has 1 unspecified atom stereocenters. The van der Waals surface area contributed by atoms with E-state index in [1.54, 1.807) is 0 Å². The summed E-state index contributed by atoms with van der Waals surface area (Å²) in [7, 11) is 8.14. The molecule has 0 saturated carbocycles. The van der Waals surface area contributed by atoms with E-state index in [2.05, 4.69) is 18.0 Å². The molecule has 1 saturated heterocycles. The standard InChI is InChI=1S/C23H32N6O/c1-26(2)21-14-18(24-23(25-21)20-10-7-12-28(20)4)15-27(3)16-22(30)29-13-11-17-8-5-6-9-19(17)29/h5-6,8-9,14,20H,7,10-13,15-16H2,1-4H3. The maximum absolute atomic E-state index is 12.9. The van der Waals surface area contributed by atoms with E-state index in [0.717, 1.165) is 49.0 Å². The lowest BCUT2D eigenvalue weighted by molar-refractivity contribution is -0.119. The van der Waals surface area contributed by atoms with Crippen molar-refractivity contribution in [3.8, 4) is 0 Å². The molecule has 2 aliphatic rings. The molecular weight excluding hydrogens is 376 g/mol. The summed E-state index contributed by atoms with van der Waals surface area (Å²) in [4.78, 5) is 30.9. The summed E-state index contributed by atoms with van der Waals surface area (Å²) >= 11 is 0. The van der Waals surface area contributed by atoms with E-state index >= 15 is 0 Å². The molecule has 1 atom stereocenters. The molecule has 2 aliphatic heterocycles. The molecule has 1 fully saturated rings. The number of para-hydroxylation sites is 1. The molecule has 2 aromatic rings. The fourth-order valence-electron chi connectivity index (χ4n) is 4.44. The predicted octanol–water partition coefficient (Wildman–Crippen LogP) is 2.33. The minimum atomic E-state index is 0.139. The molecule has 1 amide bonds. The molecule has 0 aliphatic carbocycles. The van der Waals surface area contributed by atoms with Crippen LogP contribution >= 0.6 is 0 Å². The van der Waals surface area contributed by atoms with Crippen LogP contribution in [0.1, 0.15) is 36.0 Å². The summed E-state index contributed by atoms with van der Waals surface area (Å²) in [6, 6.07) is 10.5. The number of hydrogen-bond acceptors (Lipinski definition) is 6. The number of likely N-dealkylation sites (tertiary alicyclic amines) is 1. The molecule has 30 heavy (non-hydrogen) atoms. The largest absolute Gasteiger partial charge is 0.363 e. The lowest BCUT2D eigenvalue weighted by atomic mass is 10.2. The Labute approximate surface area is 179 Å². The molecule has 1 aromatic heterocycles. The van der Waals surface area contributed by atoms with Gasteiger partial charge in [0.1, 0.15) is 11.6 Å². The molecule has 4 rings (SSSR count). The highest BCUT2D eigenvalue weighted by atomic mass is 16.2. The number of rotatable bonds is 6. The van der Waals surface area contributed by atoms with Gasteiger partial charge in [-0.1, -0.05) is 18.2 Å². The number of benzene rings is 1. The van der Waals surface area contributed by atoms with E-state index in [1.165, 1.54) is 12.0 Å². The molecule has 0 N–H and O–H groups in total. The first-order valence-corrected chi connectivity index (χ1v) is 10.7. The van der Waals surface area contributed by atoms with Gasteiger partial charge in [0.05, 0.1) is 18.3 Å². The van der Waals surface area contributed by atoms with Crippen molar-refractivity contribution in [2.75, 3.05) is 57.6 Å². The van der Waals surface area contributed by atoms with E-state index in [0.29, 0.717) is 13.1 Å². The second-order valence-electron chi connectivity index (χ2n) is 8.71. The van der Waals surface area contributed by atoms with Gasteiger partial charge in [0, 0.05) is 38.9 Å². The molecule has 3 heterocycles. The summed E-state index contributed by atoms with van der Waals surface area (Å²) in [5.74, 6) is 1.95. The zero-order valence-electron chi connectivity index (χ0n) is 18.5. The predicted molar refractivity (Wildman–Crippen MR) is 120 cm³/mol. The fraction of sp³-hybridized carbons (Fsp3) is 0.522. The Bertz CT molecular complexity index is 914. The van der Waals surface area contributed by atoms with Crippen molar-refractivity contribution in [1.82, 2.24) is 19.8 Å². The van der Waals surface area contributed by atoms with Crippen LogP contribution in [-0.2, 0) is 17.8 Å². The number of nitrogens with zero attached hydrogens (tertiary/aromatic N) is 6. The maximum Gasteiger partial charge on any atom is 0.241 e. The first-order valence-electron chi connectivity index (χ1n) is 10.7. The van der Waals surface area contributed by atoms with Crippen molar-refractivity contribution in [2.24, 2.45) is 0 Å². The zero-order valence-corrected chi connectivity index (χ0v) is 18.5. The SMILES string of the molecule is CN(CC(=O)N1CCc2ccccc21)Cc1cc(N(C)C)nc(C2CCCN2C)n1. The Hall–Kier alpha value is -2.51. The summed E-state index contributed by atoms with van der Waals surface area (Å²) in [6.07, 6.45) is 3.20. The molecule has 0 bridgehead atoms. The van der Waals surface area contributed by atoms with Crippen LogP contribution in [0.5, 0.6) is 0 Å². The van der Waals surface area contributed by atoms with Crippen LogP contribution in [0, 0.1) is 0 Å². The van der Waals surface area contributed by atoms with Gasteiger partial charge in [-0.2, -0.15) is 0 Å². The first kappa shape index (κ1) is 20.8. The van der Waals surface area contributed by atoms with Gasteiger partial charge in [-0.15, -0.1) is 0 Å². The number of hydrogen-bond donors (Lipinski definition) is 0. The molecule has 7 heteroatoms. The Morgan fingerprint density at radius 3 is 2.70 bits per heavy atom. The van der Waals surface area contributed by atoms with Crippen LogP contribution < -0.4 is 9.80 Å². The quantitative estimate of drug-likeness (QED) is 0.731. The average Bonchev–Trinajstić information content (AvgIpc) is 3.33. The number of aromatic nitrogens is 2. The van der Waals surface area contributed by atoms with E-state index in [1.807, 2.05) is 60.1 Å². The van der Waals surface area contributed by atoms with Crippen molar-refractivity contribution in [2.45, 2.75) is 31.8 Å². The van der Waals surface area contributed by atoms with Gasteiger partial charge >= 0.3 is 0 Å². The highest BCUT2D eigenvalue weighted by molar-refractivity contribution is 5.96. The van der Waals surface area contributed by atoms with Gasteiger partial charge in [-0.25, -0.2) is 9.97 Å². The monoisotopic (exact) mass is 408 g/mol. The smallest absolute Gasteiger partial charge is 0.241 e. The van der Waals surface area contributed by atoms with E-state index in [-0.39, 0.29) is 11.9 Å². The highest BCUT2D eigenvalue weighted by Crippen LogP contribution is 2.30. The molecule has 0 spiro atoms. The van der Waals surface area contributed by atoms with E-state index in [9.17, 15) is 4.79 Å². The average molecular weight is 409 g/mol. The number of carbonyl (C=O) groups is 1. The highest BCUT2D eigenvalue weighted by Gasteiger charge is 2.27. The minimum absolute atomic E-state index is 0.139. The third-order valence-electron chi connectivity index (χ3n) is 6.08. The van der Waals surface area contributed by atoms with Crippen LogP contribution in [0.2, 0.25) is 0 Å². The molecule has 1 aromatic carbocycles. The van der Waals surface area contributed by atoms with Gasteiger partial charge in [-0.05, 0) is 51.5 Å². The lowest BCUT2D eigenvalue weighted by Crippen LogP contribution is -2.38. The molecule has 7 nitrogen and oxygen atoms in total. The second kappa shape index (κ2) is 8.70. The topological polar surface area (TPSA) is 55.8 Å². The number of amides is 1. The third kappa shape index (κ3) is 4.32. The van der Waals surface area contributed by atoms with Crippen molar-refractivity contribution in [3.63, 3.8) is 0 Å². The van der Waals surface area contributed by atoms with Crippen molar-refractivity contribution >= 4 is 17.4 Å². The van der Waals surface area contributed by atoms with Crippen LogP contribution in [0.4, 0.5) is 11.5 Å². The van der Waals surface area contributed by atoms with E-state index in [4.69, 9.17) is 9.97 Å². The van der Waals surface area contributed by atoms with Crippen LogP contribution in [-0.4, -0.2) is 73.5 Å². The number of likely N-dealkylation sites (N-methyl/N-ethyl adjacent to an activating group) is 1. The molecule has 160 valence electrons. The number of anilines is 2. The van der Waals surface area contributed by atoms with Crippen molar-refractivity contribution in [3.05, 3.63) is 47.4 Å². The first-order chi connectivity index (χ1) is 14.4. The van der Waals surface area contributed by atoms with Gasteiger partial charge in [0.15, 0.2) is 0 Å². The van der Waals surface area contributed by atoms with Gasteiger partial charge in [0.2, 0.25) is 5.91 Å². The lowest BCUT2D eigenvalue weighted by Gasteiger charge is -2.24. The molecular formula is C23H32N6O. The number of carbonyl (C=O) groups excluding carboxylic acids is 1. The number of fused-ring (bicyclic) bond motifs is 1. The normalized spacial score (nSPS) is 18.8. The Balaban J connectivity index is 1.47. The minimum Gasteiger partial charge on any atom is -0.363 e. The van der Waals surface area contributed by atoms with Gasteiger partial charge in [0.25, 0.3) is 0 Å². The second-order valence-corrected chi connectivity index (χ2v) is 8.71. The summed E-state index contributed by atoms with van der Waals surface area (Å²) in [6.45, 7) is 2.84. The van der Waals surface area contributed by atoms with Crippen LogP contribution in [0.25, 0.3) is 0 Å². The Morgan fingerprint density at radius 1 is 1.17 bits per heavy atom. The van der Waals surface area contributed by atoms with Crippen molar-refractivity contribution < 1.29 is 4.79 Å². The Morgan fingerprint density at radius 2 is 1.97 bits per heavy atom.